The van der Waals surface area contributed by atoms with E-state index in [0.29, 0.717) is 5.15 Å². The van der Waals surface area contributed by atoms with Gasteiger partial charge in [-0.1, -0.05) is 11.6 Å². The summed E-state index contributed by atoms with van der Waals surface area (Å²) in [4.78, 5) is 0. The predicted octanol–water partition coefficient (Wildman–Crippen LogP) is 2.75. The molecule has 0 atom stereocenters. The molecule has 1 heterocycles. The Morgan fingerprint density at radius 2 is 1.82 bits per heavy atom. The van der Waals surface area contributed by atoms with Gasteiger partial charge in [-0.15, -0.1) is 0 Å². The fourth-order valence-electron chi connectivity index (χ4n) is 2.51. The zero-order valence-corrected chi connectivity index (χ0v) is 10.7. The molecule has 2 N–H and O–H groups in total. The van der Waals surface area contributed by atoms with Crippen molar-refractivity contribution in [2.75, 3.05) is 0 Å². The van der Waals surface area contributed by atoms with E-state index < -0.39 is 11.5 Å². The Kier molecular flexibility index (Phi) is 2.94. The summed E-state index contributed by atoms with van der Waals surface area (Å²) in [5.41, 5.74) is 6.93. The molecule has 3 nitrogen and oxygen atoms in total. The molecule has 0 unspecified atom stereocenters. The van der Waals surface area contributed by atoms with E-state index in [0.717, 1.165) is 11.3 Å². The van der Waals surface area contributed by atoms with Gasteiger partial charge in [0.1, 0.15) is 5.15 Å². The minimum atomic E-state index is -2.59. The van der Waals surface area contributed by atoms with Crippen molar-refractivity contribution in [3.05, 3.63) is 16.4 Å². The summed E-state index contributed by atoms with van der Waals surface area (Å²) >= 11 is 6.14. The first-order valence-corrected chi connectivity index (χ1v) is 5.99. The highest BCUT2D eigenvalue weighted by Gasteiger charge is 2.44. The topological polar surface area (TPSA) is 43.8 Å². The quantitative estimate of drug-likeness (QED) is 0.847. The molecule has 17 heavy (non-hydrogen) atoms. The van der Waals surface area contributed by atoms with Crippen LogP contribution in [0.1, 0.15) is 36.9 Å². The number of hydrogen-bond donors (Lipinski definition) is 1. The number of nitrogens with two attached hydrogens (primary N) is 1. The van der Waals surface area contributed by atoms with Crippen LogP contribution in [0, 0.1) is 6.92 Å². The molecular formula is C11H16ClF2N3. The van der Waals surface area contributed by atoms with E-state index >= 15 is 0 Å². The summed E-state index contributed by atoms with van der Waals surface area (Å²) in [5, 5.41) is 4.64. The Labute approximate surface area is 104 Å². The van der Waals surface area contributed by atoms with E-state index in [2.05, 4.69) is 5.10 Å². The van der Waals surface area contributed by atoms with Gasteiger partial charge in [-0.3, -0.25) is 4.68 Å². The molecule has 1 fully saturated rings. The minimum absolute atomic E-state index is 0.186. The van der Waals surface area contributed by atoms with Gasteiger partial charge in [0.25, 0.3) is 0 Å². The zero-order valence-electron chi connectivity index (χ0n) is 9.93. The van der Waals surface area contributed by atoms with Crippen molar-refractivity contribution in [2.24, 2.45) is 12.8 Å². The van der Waals surface area contributed by atoms with Crippen LogP contribution in [-0.2, 0) is 12.6 Å². The highest BCUT2D eigenvalue weighted by Crippen LogP contribution is 2.44. The maximum atomic E-state index is 13.2. The molecule has 0 spiro atoms. The monoisotopic (exact) mass is 263 g/mol. The lowest BCUT2D eigenvalue weighted by molar-refractivity contribution is -0.0514. The lowest BCUT2D eigenvalue weighted by Crippen LogP contribution is -2.44. The van der Waals surface area contributed by atoms with Gasteiger partial charge in [0, 0.05) is 31.0 Å². The van der Waals surface area contributed by atoms with Crippen molar-refractivity contribution in [3.8, 4) is 0 Å². The van der Waals surface area contributed by atoms with Gasteiger partial charge < -0.3 is 5.73 Å². The molecular weight excluding hydrogens is 248 g/mol. The average molecular weight is 264 g/mol. The Hall–Kier alpha value is -0.680. The second-order valence-corrected chi connectivity index (χ2v) is 5.24. The number of alkyl halides is 2. The zero-order chi connectivity index (χ0) is 12.8. The van der Waals surface area contributed by atoms with E-state index in [1.807, 2.05) is 6.92 Å². The second-order valence-electron chi connectivity index (χ2n) is 4.89. The molecule has 0 amide bonds. The van der Waals surface area contributed by atoms with Gasteiger partial charge in [0.2, 0.25) is 5.92 Å². The Balaban J connectivity index is 2.34. The number of hydrogen-bond acceptors (Lipinski definition) is 2. The summed E-state index contributed by atoms with van der Waals surface area (Å²) in [5.74, 6) is -2.59. The maximum Gasteiger partial charge on any atom is 0.248 e. The summed E-state index contributed by atoms with van der Waals surface area (Å²) in [7, 11) is 1.72. The van der Waals surface area contributed by atoms with Gasteiger partial charge in [-0.25, -0.2) is 8.78 Å². The van der Waals surface area contributed by atoms with E-state index in [-0.39, 0.29) is 25.7 Å². The van der Waals surface area contributed by atoms with Gasteiger partial charge in [-0.05, 0) is 19.8 Å². The van der Waals surface area contributed by atoms with Crippen LogP contribution >= 0.6 is 11.6 Å². The third-order valence-electron chi connectivity index (χ3n) is 3.52. The maximum absolute atomic E-state index is 13.2. The van der Waals surface area contributed by atoms with Crippen molar-refractivity contribution in [2.45, 2.75) is 44.1 Å². The largest absolute Gasteiger partial charge is 0.321 e. The highest BCUT2D eigenvalue weighted by molar-refractivity contribution is 6.30. The third kappa shape index (κ3) is 2.18. The lowest BCUT2D eigenvalue weighted by atomic mass is 9.76. The van der Waals surface area contributed by atoms with E-state index in [4.69, 9.17) is 17.3 Å². The van der Waals surface area contributed by atoms with E-state index in [1.54, 1.807) is 7.05 Å². The Morgan fingerprint density at radius 1 is 1.29 bits per heavy atom. The average Bonchev–Trinajstić information content (AvgIpc) is 2.47. The second kappa shape index (κ2) is 3.92. The number of halogens is 3. The fourth-order valence-corrected chi connectivity index (χ4v) is 2.87. The van der Waals surface area contributed by atoms with Crippen LogP contribution in [0.2, 0.25) is 5.15 Å². The van der Waals surface area contributed by atoms with Crippen LogP contribution in [0.25, 0.3) is 0 Å². The SMILES string of the molecule is Cc1nn(C)c(Cl)c1C1(N)CCC(F)(F)CC1. The van der Waals surface area contributed by atoms with Crippen molar-refractivity contribution in [1.29, 1.82) is 0 Å². The van der Waals surface area contributed by atoms with E-state index in [1.165, 1.54) is 4.68 Å². The van der Waals surface area contributed by atoms with Gasteiger partial charge in [0.15, 0.2) is 0 Å². The van der Waals surface area contributed by atoms with E-state index in [9.17, 15) is 8.78 Å². The molecule has 1 aromatic heterocycles. The van der Waals surface area contributed by atoms with Crippen LogP contribution in [0.3, 0.4) is 0 Å². The summed E-state index contributed by atoms with van der Waals surface area (Å²) in [6, 6.07) is 0. The first kappa shape index (κ1) is 12.8. The third-order valence-corrected chi connectivity index (χ3v) is 3.96. The number of rotatable bonds is 1. The molecule has 96 valence electrons. The number of aryl methyl sites for hydroxylation is 2. The smallest absolute Gasteiger partial charge is 0.248 e. The molecule has 0 bridgehead atoms. The van der Waals surface area contributed by atoms with Gasteiger partial charge in [-0.2, -0.15) is 5.10 Å². The minimum Gasteiger partial charge on any atom is -0.321 e. The van der Waals surface area contributed by atoms with Crippen molar-refractivity contribution in [3.63, 3.8) is 0 Å². The van der Waals surface area contributed by atoms with Crippen LogP contribution in [0.15, 0.2) is 0 Å². The first-order chi connectivity index (χ1) is 7.75. The predicted molar refractivity (Wildman–Crippen MR) is 62.2 cm³/mol. The van der Waals surface area contributed by atoms with Gasteiger partial charge >= 0.3 is 0 Å². The first-order valence-electron chi connectivity index (χ1n) is 5.61. The van der Waals surface area contributed by atoms with Crippen LogP contribution in [-0.4, -0.2) is 15.7 Å². The summed E-state index contributed by atoms with van der Waals surface area (Å²) in [6.07, 6.45) is 0.112. The molecule has 6 heteroatoms. The van der Waals surface area contributed by atoms with Crippen molar-refractivity contribution in [1.82, 2.24) is 9.78 Å². The number of aromatic nitrogens is 2. The number of nitrogens with zero attached hydrogens (tertiary/aromatic N) is 2. The molecule has 1 aromatic rings. The van der Waals surface area contributed by atoms with Crippen LogP contribution < -0.4 is 5.73 Å². The van der Waals surface area contributed by atoms with Crippen LogP contribution in [0.5, 0.6) is 0 Å². The van der Waals surface area contributed by atoms with Gasteiger partial charge in [0.05, 0.1) is 5.69 Å². The van der Waals surface area contributed by atoms with Crippen molar-refractivity contribution < 1.29 is 8.78 Å². The lowest BCUT2D eigenvalue weighted by Gasteiger charge is -2.37. The fraction of sp³-hybridized carbons (Fsp3) is 0.727. The molecule has 0 radical (unpaired) electrons. The summed E-state index contributed by atoms with van der Waals surface area (Å²) < 4.78 is 27.9. The normalized spacial score (nSPS) is 22.7. The summed E-state index contributed by atoms with van der Waals surface area (Å²) in [6.45, 7) is 1.81. The van der Waals surface area contributed by atoms with Crippen molar-refractivity contribution >= 4 is 11.6 Å². The highest BCUT2D eigenvalue weighted by atomic mass is 35.5. The molecule has 1 aliphatic rings. The molecule has 2 rings (SSSR count). The molecule has 1 aliphatic carbocycles. The molecule has 1 saturated carbocycles. The Morgan fingerprint density at radius 3 is 2.24 bits per heavy atom. The molecule has 0 aromatic carbocycles. The molecule has 0 saturated heterocycles. The Bertz CT molecular complexity index is 432. The molecule has 0 aliphatic heterocycles. The van der Waals surface area contributed by atoms with Crippen LogP contribution in [0.4, 0.5) is 8.78 Å². The standard InChI is InChI=1S/C11H16ClF2N3/c1-7-8(9(12)17(2)16-7)10(15)3-5-11(13,14)6-4-10/h3-6,15H2,1-2H3.